The van der Waals surface area contributed by atoms with E-state index in [-0.39, 0.29) is 0 Å². The van der Waals surface area contributed by atoms with Crippen LogP contribution in [-0.4, -0.2) is 16.5 Å². The Balaban J connectivity index is 2.37. The Bertz CT molecular complexity index is 515. The van der Waals surface area contributed by atoms with Crippen LogP contribution in [0.25, 0.3) is 5.53 Å². The van der Waals surface area contributed by atoms with Gasteiger partial charge in [0.25, 0.3) is 0 Å². The van der Waals surface area contributed by atoms with E-state index in [1.54, 1.807) is 36.4 Å². The summed E-state index contributed by atoms with van der Waals surface area (Å²) in [6, 6.07) is 8.52. The molecular weight excluding hydrogens is 216 g/mol. The van der Waals surface area contributed by atoms with Crippen molar-refractivity contribution in [2.75, 3.05) is 5.01 Å². The summed E-state index contributed by atoms with van der Waals surface area (Å²) in [4.78, 5) is 14.1. The van der Waals surface area contributed by atoms with Gasteiger partial charge in [0.15, 0.2) is 6.04 Å². The maximum absolute atomic E-state index is 10.9. The average Bonchev–Trinajstić information content (AvgIpc) is 2.41. The topological polar surface area (TPSA) is 69.1 Å². The maximum Gasteiger partial charge on any atom is 0.320 e. The van der Waals surface area contributed by atoms with Crippen molar-refractivity contribution < 1.29 is 4.79 Å². The van der Waals surface area contributed by atoms with Gasteiger partial charge in [-0.2, -0.15) is 4.79 Å². The van der Waals surface area contributed by atoms with E-state index in [0.29, 0.717) is 11.4 Å². The van der Waals surface area contributed by atoms with Crippen LogP contribution in [0, 0.1) is 4.91 Å². The van der Waals surface area contributed by atoms with Crippen LogP contribution in [-0.2, 0) is 0 Å². The van der Waals surface area contributed by atoms with Gasteiger partial charge in [-0.15, -0.1) is 4.91 Å². The SMILES string of the molecule is [N-]=[N+]=C1C=CC=CC1N(N=O)c1ccccc1. The summed E-state index contributed by atoms with van der Waals surface area (Å²) in [5, 5.41) is 4.25. The molecule has 0 amide bonds. The molecule has 0 saturated heterocycles. The molecule has 84 valence electrons. The minimum absolute atomic E-state index is 0.371. The monoisotopic (exact) mass is 226 g/mol. The van der Waals surface area contributed by atoms with Crippen molar-refractivity contribution in [3.8, 4) is 0 Å². The second kappa shape index (κ2) is 5.01. The van der Waals surface area contributed by atoms with Crippen LogP contribution in [0.5, 0.6) is 0 Å². The highest BCUT2D eigenvalue weighted by Crippen LogP contribution is 2.19. The van der Waals surface area contributed by atoms with E-state index in [4.69, 9.17) is 5.53 Å². The second-order valence-corrected chi connectivity index (χ2v) is 3.48. The van der Waals surface area contributed by atoms with Crippen LogP contribution < -0.4 is 5.01 Å². The highest BCUT2D eigenvalue weighted by atomic mass is 16.3. The molecule has 1 aliphatic carbocycles. The van der Waals surface area contributed by atoms with Crippen molar-refractivity contribution in [3.05, 3.63) is 65.1 Å². The molecule has 1 aromatic rings. The summed E-state index contributed by atoms with van der Waals surface area (Å²) >= 11 is 0. The first-order valence-corrected chi connectivity index (χ1v) is 5.11. The summed E-state index contributed by atoms with van der Waals surface area (Å²) in [7, 11) is 0. The van der Waals surface area contributed by atoms with Gasteiger partial charge in [0.05, 0.1) is 11.0 Å². The fraction of sp³-hybridized carbons (Fsp3) is 0.0833. The molecule has 0 saturated carbocycles. The molecule has 0 fully saturated rings. The van der Waals surface area contributed by atoms with Crippen molar-refractivity contribution >= 4 is 11.4 Å². The molecular formula is C12H10N4O. The molecule has 1 unspecified atom stereocenters. The van der Waals surface area contributed by atoms with Crippen LogP contribution in [0.1, 0.15) is 0 Å². The molecule has 5 nitrogen and oxygen atoms in total. The molecule has 0 radical (unpaired) electrons. The number of para-hydroxylation sites is 1. The first-order valence-electron chi connectivity index (χ1n) is 5.11. The highest BCUT2D eigenvalue weighted by Gasteiger charge is 2.28. The Morgan fingerprint density at radius 1 is 1.24 bits per heavy atom. The molecule has 0 heterocycles. The number of rotatable bonds is 3. The standard InChI is InChI=1S/C12H10N4O/c13-14-11-8-4-5-9-12(11)16(15-17)10-6-2-1-3-7-10/h1-9,12H. The number of hydrogen-bond donors (Lipinski definition) is 0. The first kappa shape index (κ1) is 11.0. The zero-order valence-corrected chi connectivity index (χ0v) is 8.97. The van der Waals surface area contributed by atoms with E-state index in [1.807, 2.05) is 18.2 Å². The summed E-state index contributed by atoms with van der Waals surface area (Å²) < 4.78 is 0. The Morgan fingerprint density at radius 2 is 2.00 bits per heavy atom. The lowest BCUT2D eigenvalue weighted by Crippen LogP contribution is -2.36. The molecule has 1 atom stereocenters. The van der Waals surface area contributed by atoms with Crippen LogP contribution in [0.2, 0.25) is 0 Å². The minimum atomic E-state index is -0.482. The van der Waals surface area contributed by atoms with Gasteiger partial charge in [0.2, 0.25) is 0 Å². The van der Waals surface area contributed by atoms with E-state index in [9.17, 15) is 4.91 Å². The second-order valence-electron chi connectivity index (χ2n) is 3.48. The number of nitrogens with zero attached hydrogens (tertiary/aromatic N) is 4. The lowest BCUT2D eigenvalue weighted by molar-refractivity contribution is -0.00684. The maximum atomic E-state index is 10.9. The fourth-order valence-corrected chi connectivity index (χ4v) is 1.66. The summed E-state index contributed by atoms with van der Waals surface area (Å²) in [6.07, 6.45) is 6.88. The van der Waals surface area contributed by atoms with Crippen LogP contribution in [0.15, 0.2) is 59.9 Å². The van der Waals surface area contributed by atoms with Gasteiger partial charge >= 0.3 is 5.71 Å². The zero-order valence-electron chi connectivity index (χ0n) is 8.97. The molecule has 1 aromatic carbocycles. The molecule has 0 aliphatic heterocycles. The highest BCUT2D eigenvalue weighted by molar-refractivity contribution is 5.99. The molecule has 0 spiro atoms. The molecule has 0 aromatic heterocycles. The smallest absolute Gasteiger partial charge is 0.320 e. The first-order chi connectivity index (χ1) is 8.36. The quantitative estimate of drug-likeness (QED) is 0.343. The Hall–Kier alpha value is -2.52. The third kappa shape index (κ3) is 2.19. The van der Waals surface area contributed by atoms with Gasteiger partial charge < -0.3 is 5.53 Å². The van der Waals surface area contributed by atoms with E-state index in [1.165, 1.54) is 5.01 Å². The van der Waals surface area contributed by atoms with E-state index in [0.717, 1.165) is 0 Å². The van der Waals surface area contributed by atoms with Crippen molar-refractivity contribution in [3.63, 3.8) is 0 Å². The number of benzene rings is 1. The van der Waals surface area contributed by atoms with E-state index in [2.05, 4.69) is 10.1 Å². The lowest BCUT2D eigenvalue weighted by Gasteiger charge is -2.20. The Labute approximate surface area is 98.2 Å². The van der Waals surface area contributed by atoms with Crippen molar-refractivity contribution in [1.82, 2.24) is 0 Å². The van der Waals surface area contributed by atoms with Crippen molar-refractivity contribution in [2.24, 2.45) is 5.29 Å². The Kier molecular flexibility index (Phi) is 3.23. The Morgan fingerprint density at radius 3 is 2.65 bits per heavy atom. The number of anilines is 1. The minimum Gasteiger partial charge on any atom is -0.361 e. The van der Waals surface area contributed by atoms with Gasteiger partial charge in [-0.1, -0.05) is 30.4 Å². The van der Waals surface area contributed by atoms with E-state index < -0.39 is 6.04 Å². The zero-order chi connectivity index (χ0) is 12.1. The van der Waals surface area contributed by atoms with Gasteiger partial charge in [-0.05, 0) is 18.2 Å². The van der Waals surface area contributed by atoms with Gasteiger partial charge in [-0.25, -0.2) is 5.01 Å². The van der Waals surface area contributed by atoms with E-state index >= 15 is 0 Å². The third-order valence-electron chi connectivity index (χ3n) is 2.46. The molecule has 2 rings (SSSR count). The van der Waals surface area contributed by atoms with Crippen LogP contribution in [0.4, 0.5) is 5.69 Å². The summed E-state index contributed by atoms with van der Waals surface area (Å²) in [5.74, 6) is 0. The normalized spacial score (nSPS) is 17.6. The van der Waals surface area contributed by atoms with Crippen molar-refractivity contribution in [2.45, 2.75) is 6.04 Å². The molecule has 0 N–H and O–H groups in total. The number of hydrogen-bond acceptors (Lipinski definition) is 2. The average molecular weight is 226 g/mol. The number of allylic oxidation sites excluding steroid dienone is 2. The van der Waals surface area contributed by atoms with Gasteiger partial charge in [-0.3, -0.25) is 0 Å². The van der Waals surface area contributed by atoms with Crippen LogP contribution in [0.3, 0.4) is 0 Å². The predicted molar refractivity (Wildman–Crippen MR) is 65.4 cm³/mol. The fourth-order valence-electron chi connectivity index (χ4n) is 1.66. The van der Waals surface area contributed by atoms with Gasteiger partial charge in [0, 0.05) is 6.08 Å². The lowest BCUT2D eigenvalue weighted by atomic mass is 10.1. The molecule has 5 heteroatoms. The molecule has 0 bridgehead atoms. The van der Waals surface area contributed by atoms with Gasteiger partial charge in [0.1, 0.15) is 0 Å². The van der Waals surface area contributed by atoms with Crippen molar-refractivity contribution in [1.29, 1.82) is 0 Å². The largest absolute Gasteiger partial charge is 0.361 e. The molecule has 17 heavy (non-hydrogen) atoms. The number of nitroso groups, excluding NO2 is 1. The predicted octanol–water partition coefficient (Wildman–Crippen LogP) is 2.34. The van der Waals surface area contributed by atoms with Crippen LogP contribution >= 0.6 is 0 Å². The summed E-state index contributed by atoms with van der Waals surface area (Å²) in [6.45, 7) is 0. The summed E-state index contributed by atoms with van der Waals surface area (Å²) in [5.41, 5.74) is 9.90. The molecule has 1 aliphatic rings. The third-order valence-corrected chi connectivity index (χ3v) is 2.46.